The Bertz CT molecular complexity index is 949. The van der Waals surface area contributed by atoms with E-state index in [1.54, 1.807) is 30.7 Å². The highest BCUT2D eigenvalue weighted by molar-refractivity contribution is 5.84. The fourth-order valence-corrected chi connectivity index (χ4v) is 2.33. The SMILES string of the molecule is Fc1cnccc1-c1nc2cc[nH]c2nc1-c1cccnc1. The minimum absolute atomic E-state index is 0.365. The van der Waals surface area contributed by atoms with Crippen molar-refractivity contribution in [2.45, 2.75) is 0 Å². The van der Waals surface area contributed by atoms with E-state index in [0.29, 0.717) is 28.1 Å². The Labute approximate surface area is 124 Å². The molecular weight excluding hydrogens is 281 g/mol. The molecule has 0 aliphatic carbocycles. The Kier molecular flexibility index (Phi) is 2.86. The molecule has 0 radical (unpaired) electrons. The molecule has 0 unspecified atom stereocenters. The van der Waals surface area contributed by atoms with Gasteiger partial charge in [0.05, 0.1) is 6.20 Å². The first-order valence-corrected chi connectivity index (χ1v) is 6.68. The van der Waals surface area contributed by atoms with Crippen molar-refractivity contribution in [3.63, 3.8) is 0 Å². The van der Waals surface area contributed by atoms with Crippen molar-refractivity contribution >= 4 is 11.2 Å². The van der Waals surface area contributed by atoms with Crippen LogP contribution in [0.1, 0.15) is 0 Å². The van der Waals surface area contributed by atoms with E-state index in [-0.39, 0.29) is 0 Å². The molecule has 0 saturated carbocycles. The van der Waals surface area contributed by atoms with Crippen LogP contribution in [0.15, 0.2) is 55.2 Å². The van der Waals surface area contributed by atoms with Gasteiger partial charge in [0.15, 0.2) is 11.5 Å². The Balaban J connectivity index is 2.06. The number of aromatic nitrogens is 5. The Hall–Kier alpha value is -3.15. The molecule has 1 N–H and O–H groups in total. The van der Waals surface area contributed by atoms with Gasteiger partial charge in [0.1, 0.15) is 16.9 Å². The minimum atomic E-state index is -0.433. The summed E-state index contributed by atoms with van der Waals surface area (Å²) in [6.07, 6.45) is 7.82. The fraction of sp³-hybridized carbons (Fsp3) is 0. The molecule has 4 aromatic rings. The van der Waals surface area contributed by atoms with Gasteiger partial charge in [-0.1, -0.05) is 0 Å². The topological polar surface area (TPSA) is 67.3 Å². The molecule has 0 aliphatic heterocycles. The zero-order valence-corrected chi connectivity index (χ0v) is 11.4. The summed E-state index contributed by atoms with van der Waals surface area (Å²) in [5.74, 6) is -0.433. The molecule has 4 heterocycles. The maximum absolute atomic E-state index is 14.1. The van der Waals surface area contributed by atoms with E-state index < -0.39 is 5.82 Å². The average Bonchev–Trinajstić information content (AvgIpc) is 3.02. The Morgan fingerprint density at radius 3 is 2.64 bits per heavy atom. The maximum atomic E-state index is 14.1. The lowest BCUT2D eigenvalue weighted by molar-refractivity contribution is 0.624. The number of nitrogens with zero attached hydrogens (tertiary/aromatic N) is 4. The summed E-state index contributed by atoms with van der Waals surface area (Å²) in [6, 6.07) is 7.08. The first kappa shape index (κ1) is 12.6. The maximum Gasteiger partial charge on any atom is 0.156 e. The normalized spacial score (nSPS) is 11.0. The highest BCUT2D eigenvalue weighted by atomic mass is 19.1. The van der Waals surface area contributed by atoms with Crippen molar-refractivity contribution in [2.24, 2.45) is 0 Å². The summed E-state index contributed by atoms with van der Waals surface area (Å²) in [6.45, 7) is 0. The first-order chi connectivity index (χ1) is 10.8. The van der Waals surface area contributed by atoms with Crippen molar-refractivity contribution < 1.29 is 4.39 Å². The van der Waals surface area contributed by atoms with Crippen LogP contribution < -0.4 is 0 Å². The number of fused-ring (bicyclic) bond motifs is 1. The average molecular weight is 291 g/mol. The molecule has 4 aromatic heterocycles. The number of pyridine rings is 2. The fourth-order valence-electron chi connectivity index (χ4n) is 2.33. The molecule has 0 bridgehead atoms. The lowest BCUT2D eigenvalue weighted by Crippen LogP contribution is -1.97. The van der Waals surface area contributed by atoms with Crippen molar-refractivity contribution in [1.82, 2.24) is 24.9 Å². The van der Waals surface area contributed by atoms with E-state index in [1.807, 2.05) is 12.1 Å². The highest BCUT2D eigenvalue weighted by Crippen LogP contribution is 2.31. The number of hydrogen-bond acceptors (Lipinski definition) is 4. The van der Waals surface area contributed by atoms with Gasteiger partial charge in [-0.05, 0) is 24.3 Å². The van der Waals surface area contributed by atoms with Crippen LogP contribution in [0.2, 0.25) is 0 Å². The third kappa shape index (κ3) is 2.01. The van der Waals surface area contributed by atoms with Crippen molar-refractivity contribution in [3.8, 4) is 22.5 Å². The molecule has 22 heavy (non-hydrogen) atoms. The molecule has 6 heteroatoms. The molecule has 0 fully saturated rings. The number of hydrogen-bond donors (Lipinski definition) is 1. The molecule has 0 saturated heterocycles. The summed E-state index contributed by atoms with van der Waals surface area (Å²) in [7, 11) is 0. The first-order valence-electron chi connectivity index (χ1n) is 6.68. The van der Waals surface area contributed by atoms with Crippen LogP contribution in [-0.2, 0) is 0 Å². The molecule has 106 valence electrons. The minimum Gasteiger partial charge on any atom is -0.345 e. The van der Waals surface area contributed by atoms with E-state index in [2.05, 4.69) is 24.9 Å². The molecular formula is C16H10FN5. The van der Waals surface area contributed by atoms with Crippen LogP contribution in [-0.4, -0.2) is 24.9 Å². The summed E-state index contributed by atoms with van der Waals surface area (Å²) in [5, 5.41) is 0. The van der Waals surface area contributed by atoms with Crippen molar-refractivity contribution in [1.29, 1.82) is 0 Å². The van der Waals surface area contributed by atoms with E-state index in [1.165, 1.54) is 12.4 Å². The van der Waals surface area contributed by atoms with Crippen LogP contribution in [0.25, 0.3) is 33.7 Å². The van der Waals surface area contributed by atoms with Gasteiger partial charge in [-0.2, -0.15) is 0 Å². The van der Waals surface area contributed by atoms with Gasteiger partial charge in [0, 0.05) is 35.9 Å². The standard InChI is InChI=1S/C16H10FN5/c17-12-9-19-6-3-11(12)15-14(10-2-1-5-18-8-10)22-16-13(21-15)4-7-20-16/h1-9H,(H,20,22). The van der Waals surface area contributed by atoms with Gasteiger partial charge in [-0.3, -0.25) is 9.97 Å². The second-order valence-corrected chi connectivity index (χ2v) is 4.73. The van der Waals surface area contributed by atoms with Gasteiger partial charge >= 0.3 is 0 Å². The summed E-state index contributed by atoms with van der Waals surface area (Å²) in [5.41, 5.74) is 3.52. The number of halogens is 1. The van der Waals surface area contributed by atoms with Gasteiger partial charge in [0.25, 0.3) is 0 Å². The van der Waals surface area contributed by atoms with Crippen LogP contribution in [0.4, 0.5) is 4.39 Å². The van der Waals surface area contributed by atoms with E-state index in [0.717, 1.165) is 5.56 Å². The number of nitrogens with one attached hydrogen (secondary N) is 1. The second-order valence-electron chi connectivity index (χ2n) is 4.73. The number of rotatable bonds is 2. The number of aromatic amines is 1. The largest absolute Gasteiger partial charge is 0.345 e. The van der Waals surface area contributed by atoms with Gasteiger partial charge in [-0.25, -0.2) is 14.4 Å². The lowest BCUT2D eigenvalue weighted by atomic mass is 10.1. The molecule has 0 aromatic carbocycles. The summed E-state index contributed by atoms with van der Waals surface area (Å²) in [4.78, 5) is 20.0. The zero-order chi connectivity index (χ0) is 14.9. The Morgan fingerprint density at radius 1 is 0.909 bits per heavy atom. The molecule has 0 aliphatic rings. The number of H-pyrrole nitrogens is 1. The molecule has 0 spiro atoms. The second kappa shape index (κ2) is 5.00. The van der Waals surface area contributed by atoms with E-state index in [4.69, 9.17) is 0 Å². The summed E-state index contributed by atoms with van der Waals surface area (Å²) >= 11 is 0. The van der Waals surface area contributed by atoms with E-state index >= 15 is 0 Å². The van der Waals surface area contributed by atoms with Gasteiger partial charge in [-0.15, -0.1) is 0 Å². The third-order valence-electron chi connectivity index (χ3n) is 3.35. The Morgan fingerprint density at radius 2 is 1.82 bits per heavy atom. The highest BCUT2D eigenvalue weighted by Gasteiger charge is 2.16. The monoisotopic (exact) mass is 291 g/mol. The van der Waals surface area contributed by atoms with Crippen LogP contribution in [0.3, 0.4) is 0 Å². The third-order valence-corrected chi connectivity index (χ3v) is 3.35. The van der Waals surface area contributed by atoms with Crippen LogP contribution in [0.5, 0.6) is 0 Å². The predicted molar refractivity (Wildman–Crippen MR) is 80.3 cm³/mol. The quantitative estimate of drug-likeness (QED) is 0.615. The summed E-state index contributed by atoms with van der Waals surface area (Å²) < 4.78 is 14.1. The molecule has 4 rings (SSSR count). The molecule has 0 atom stereocenters. The smallest absolute Gasteiger partial charge is 0.156 e. The molecule has 5 nitrogen and oxygen atoms in total. The van der Waals surface area contributed by atoms with Crippen LogP contribution in [0, 0.1) is 5.82 Å². The zero-order valence-electron chi connectivity index (χ0n) is 11.4. The predicted octanol–water partition coefficient (Wildman–Crippen LogP) is 3.22. The molecule has 0 amide bonds. The van der Waals surface area contributed by atoms with E-state index in [9.17, 15) is 4.39 Å². The van der Waals surface area contributed by atoms with Crippen molar-refractivity contribution in [2.75, 3.05) is 0 Å². The van der Waals surface area contributed by atoms with Gasteiger partial charge in [0.2, 0.25) is 0 Å². The van der Waals surface area contributed by atoms with Gasteiger partial charge < -0.3 is 4.98 Å². The van der Waals surface area contributed by atoms with Crippen molar-refractivity contribution in [3.05, 3.63) is 61.1 Å². The van der Waals surface area contributed by atoms with Crippen LogP contribution >= 0.6 is 0 Å². The lowest BCUT2D eigenvalue weighted by Gasteiger charge is -2.09.